The number of ether oxygens (including phenoxy) is 2. The molecular formula is C18H21N5O6S. The fourth-order valence-corrected chi connectivity index (χ4v) is 4.14. The number of rotatable bonds is 6. The molecule has 1 atom stereocenters. The van der Waals surface area contributed by atoms with E-state index in [4.69, 9.17) is 15.2 Å². The van der Waals surface area contributed by atoms with Gasteiger partial charge in [-0.3, -0.25) is 4.79 Å². The van der Waals surface area contributed by atoms with Gasteiger partial charge in [0.25, 0.3) is 5.91 Å². The van der Waals surface area contributed by atoms with E-state index in [1.165, 1.54) is 47.9 Å². The van der Waals surface area contributed by atoms with E-state index in [1.54, 1.807) is 0 Å². The van der Waals surface area contributed by atoms with Crippen LogP contribution in [0.25, 0.3) is 0 Å². The molecule has 2 aromatic rings. The standard InChI is InChI=1S/C18H21N5O6S/c1-12(29-18(25)15-16(19)21-6-5-20-15)17(24)22-13-3-2-4-14(11-13)30(26,27)23-7-9-28-10-8-23/h2-6,11-12H,7-10H2,1H3,(H2,19,21)(H,22,24). The van der Waals surface area contributed by atoms with Crippen LogP contribution in [0.4, 0.5) is 11.5 Å². The van der Waals surface area contributed by atoms with Gasteiger partial charge in [0.2, 0.25) is 10.0 Å². The molecule has 0 bridgehead atoms. The van der Waals surface area contributed by atoms with E-state index in [-0.39, 0.29) is 35.2 Å². The average molecular weight is 435 g/mol. The summed E-state index contributed by atoms with van der Waals surface area (Å²) in [5, 5.41) is 2.54. The molecule has 0 saturated carbocycles. The SMILES string of the molecule is CC(OC(=O)c1nccnc1N)C(=O)Nc1cccc(S(=O)(=O)N2CCOCC2)c1. The molecule has 1 aromatic carbocycles. The van der Waals surface area contributed by atoms with Gasteiger partial charge >= 0.3 is 5.97 Å². The van der Waals surface area contributed by atoms with Crippen LogP contribution in [0.2, 0.25) is 0 Å². The van der Waals surface area contributed by atoms with Gasteiger partial charge in [0, 0.05) is 31.2 Å². The monoisotopic (exact) mass is 435 g/mol. The van der Waals surface area contributed by atoms with Crippen LogP contribution in [0.15, 0.2) is 41.6 Å². The Morgan fingerprint density at radius 1 is 1.23 bits per heavy atom. The number of esters is 1. The van der Waals surface area contributed by atoms with Gasteiger partial charge in [0.05, 0.1) is 18.1 Å². The lowest BCUT2D eigenvalue weighted by Gasteiger charge is -2.26. The van der Waals surface area contributed by atoms with Crippen LogP contribution in [-0.4, -0.2) is 67.0 Å². The summed E-state index contributed by atoms with van der Waals surface area (Å²) in [6.07, 6.45) is 1.41. The quantitative estimate of drug-likeness (QED) is 0.608. The van der Waals surface area contributed by atoms with Crippen molar-refractivity contribution in [3.05, 3.63) is 42.4 Å². The third kappa shape index (κ3) is 4.90. The summed E-state index contributed by atoms with van der Waals surface area (Å²) in [6.45, 7) is 2.55. The predicted molar refractivity (Wildman–Crippen MR) is 106 cm³/mol. The first kappa shape index (κ1) is 21.6. The van der Waals surface area contributed by atoms with Crippen molar-refractivity contribution in [3.8, 4) is 0 Å². The second kappa shape index (κ2) is 9.15. The van der Waals surface area contributed by atoms with Crippen molar-refractivity contribution in [1.82, 2.24) is 14.3 Å². The van der Waals surface area contributed by atoms with Crippen LogP contribution in [0.3, 0.4) is 0 Å². The third-order valence-corrected chi connectivity index (χ3v) is 6.18. The molecule has 2 heterocycles. The first-order valence-electron chi connectivity index (χ1n) is 9.05. The lowest BCUT2D eigenvalue weighted by Crippen LogP contribution is -2.40. The second-order valence-electron chi connectivity index (χ2n) is 6.37. The third-order valence-electron chi connectivity index (χ3n) is 4.28. The number of carbonyl (C=O) groups excluding carboxylic acids is 2. The average Bonchev–Trinajstić information content (AvgIpc) is 2.74. The summed E-state index contributed by atoms with van der Waals surface area (Å²) in [7, 11) is -3.71. The van der Waals surface area contributed by atoms with Gasteiger partial charge in [-0.05, 0) is 25.1 Å². The van der Waals surface area contributed by atoms with Gasteiger partial charge in [-0.15, -0.1) is 0 Å². The van der Waals surface area contributed by atoms with Gasteiger partial charge in [-0.1, -0.05) is 6.07 Å². The summed E-state index contributed by atoms with van der Waals surface area (Å²) >= 11 is 0. The van der Waals surface area contributed by atoms with Crippen LogP contribution in [-0.2, 0) is 24.3 Å². The van der Waals surface area contributed by atoms with Crippen molar-refractivity contribution in [2.24, 2.45) is 0 Å². The number of sulfonamides is 1. The first-order valence-corrected chi connectivity index (χ1v) is 10.5. The van der Waals surface area contributed by atoms with Gasteiger partial charge in [0.15, 0.2) is 17.6 Å². The highest BCUT2D eigenvalue weighted by molar-refractivity contribution is 7.89. The van der Waals surface area contributed by atoms with Gasteiger partial charge < -0.3 is 20.5 Å². The van der Waals surface area contributed by atoms with Crippen LogP contribution in [0, 0.1) is 0 Å². The predicted octanol–water partition coefficient (Wildman–Crippen LogP) is 0.264. The maximum Gasteiger partial charge on any atom is 0.361 e. The highest BCUT2D eigenvalue weighted by Gasteiger charge is 2.27. The highest BCUT2D eigenvalue weighted by Crippen LogP contribution is 2.21. The first-order chi connectivity index (χ1) is 14.3. The smallest absolute Gasteiger partial charge is 0.361 e. The molecule has 30 heavy (non-hydrogen) atoms. The molecule has 1 aliphatic heterocycles. The van der Waals surface area contributed by atoms with E-state index < -0.39 is 28.0 Å². The zero-order valence-corrected chi connectivity index (χ0v) is 17.0. The summed E-state index contributed by atoms with van der Waals surface area (Å²) < 4.78 is 37.1. The molecule has 1 saturated heterocycles. The minimum atomic E-state index is -3.71. The molecule has 0 spiro atoms. The molecule has 12 heteroatoms. The number of hydrogen-bond donors (Lipinski definition) is 2. The molecular weight excluding hydrogens is 414 g/mol. The molecule has 3 N–H and O–H groups in total. The fraction of sp³-hybridized carbons (Fsp3) is 0.333. The minimum Gasteiger partial charge on any atom is -0.448 e. The Morgan fingerprint density at radius 2 is 1.93 bits per heavy atom. The topological polar surface area (TPSA) is 154 Å². The molecule has 1 amide bonds. The Hall–Kier alpha value is -3.09. The van der Waals surface area contributed by atoms with Crippen LogP contribution in [0.5, 0.6) is 0 Å². The maximum absolute atomic E-state index is 12.8. The number of nitrogens with one attached hydrogen (secondary N) is 1. The number of benzene rings is 1. The van der Waals surface area contributed by atoms with E-state index in [0.717, 1.165) is 0 Å². The van der Waals surface area contributed by atoms with Gasteiger partial charge in [-0.25, -0.2) is 23.2 Å². The van der Waals surface area contributed by atoms with Crippen molar-refractivity contribution < 1.29 is 27.5 Å². The number of hydrogen-bond acceptors (Lipinski definition) is 9. The van der Waals surface area contributed by atoms with E-state index in [9.17, 15) is 18.0 Å². The molecule has 1 aromatic heterocycles. The van der Waals surface area contributed by atoms with Gasteiger partial charge in [0.1, 0.15) is 0 Å². The number of aromatic nitrogens is 2. The van der Waals surface area contributed by atoms with E-state index >= 15 is 0 Å². The number of nitrogen functional groups attached to an aromatic ring is 1. The normalized spacial score (nSPS) is 15.9. The molecule has 1 fully saturated rings. The van der Waals surface area contributed by atoms with Crippen molar-refractivity contribution in [3.63, 3.8) is 0 Å². The lowest BCUT2D eigenvalue weighted by atomic mass is 10.3. The largest absolute Gasteiger partial charge is 0.448 e. The van der Waals surface area contributed by atoms with E-state index in [0.29, 0.717) is 13.2 Å². The van der Waals surface area contributed by atoms with Crippen molar-refractivity contribution in [2.75, 3.05) is 37.4 Å². The van der Waals surface area contributed by atoms with Crippen molar-refractivity contribution in [1.29, 1.82) is 0 Å². The summed E-state index contributed by atoms with van der Waals surface area (Å²) in [5.74, 6) is -1.66. The number of nitrogens with zero attached hydrogens (tertiary/aromatic N) is 3. The molecule has 3 rings (SSSR count). The number of carbonyl (C=O) groups is 2. The summed E-state index contributed by atoms with van der Waals surface area (Å²) in [6, 6.07) is 5.84. The van der Waals surface area contributed by atoms with Crippen LogP contribution >= 0.6 is 0 Å². The maximum atomic E-state index is 12.8. The Bertz CT molecular complexity index is 1040. The summed E-state index contributed by atoms with van der Waals surface area (Å²) in [5.41, 5.74) is 5.62. The Kier molecular flexibility index (Phi) is 6.59. The van der Waals surface area contributed by atoms with E-state index in [1.807, 2.05) is 0 Å². The van der Waals surface area contributed by atoms with Crippen molar-refractivity contribution in [2.45, 2.75) is 17.9 Å². The fourth-order valence-electron chi connectivity index (χ4n) is 2.69. The van der Waals surface area contributed by atoms with Crippen molar-refractivity contribution >= 4 is 33.4 Å². The number of morpholine rings is 1. The minimum absolute atomic E-state index is 0.0409. The molecule has 11 nitrogen and oxygen atoms in total. The molecule has 0 aliphatic carbocycles. The van der Waals surface area contributed by atoms with Gasteiger partial charge in [-0.2, -0.15) is 4.31 Å². The molecule has 160 valence electrons. The molecule has 0 radical (unpaired) electrons. The zero-order valence-electron chi connectivity index (χ0n) is 16.1. The lowest BCUT2D eigenvalue weighted by molar-refractivity contribution is -0.123. The molecule has 1 unspecified atom stereocenters. The second-order valence-corrected chi connectivity index (χ2v) is 8.31. The Balaban J connectivity index is 1.67. The number of amides is 1. The highest BCUT2D eigenvalue weighted by atomic mass is 32.2. The Morgan fingerprint density at radius 3 is 2.63 bits per heavy atom. The van der Waals surface area contributed by atoms with E-state index in [2.05, 4.69) is 15.3 Å². The number of nitrogens with two attached hydrogens (primary N) is 1. The Labute approximate surface area is 173 Å². The van der Waals surface area contributed by atoms with Crippen LogP contribution < -0.4 is 11.1 Å². The zero-order chi connectivity index (χ0) is 21.7. The molecule has 1 aliphatic rings. The van der Waals surface area contributed by atoms with Crippen LogP contribution in [0.1, 0.15) is 17.4 Å². The number of anilines is 2. The summed E-state index contributed by atoms with van der Waals surface area (Å²) in [4.78, 5) is 32.1.